The molecule has 2 heterocycles. The molecule has 0 fully saturated rings. The number of hydrogen-bond donors (Lipinski definition) is 1. The lowest BCUT2D eigenvalue weighted by atomic mass is 10.0. The first kappa shape index (κ1) is 13.7. The average molecular weight is 325 g/mol. The summed E-state index contributed by atoms with van der Waals surface area (Å²) in [6, 6.07) is 8.93. The molecular weight excluding hydrogens is 308 g/mol. The molecule has 0 saturated heterocycles. The Morgan fingerprint density at radius 3 is 2.83 bits per heavy atom. The fourth-order valence-corrected chi connectivity index (χ4v) is 3.58. The minimum absolute atomic E-state index is 0.477. The van der Waals surface area contributed by atoms with Gasteiger partial charge in [0.05, 0.1) is 3.79 Å². The molecular formula is C14H17BrN2S. The maximum Gasteiger partial charge on any atom is 0.0701 e. The number of thiophene rings is 1. The Morgan fingerprint density at radius 2 is 2.22 bits per heavy atom. The topological polar surface area (TPSA) is 24.9 Å². The fourth-order valence-electron chi connectivity index (χ4n) is 2.01. The Hall–Kier alpha value is -0.710. The molecule has 0 amide bonds. The Labute approximate surface area is 121 Å². The zero-order valence-electron chi connectivity index (χ0n) is 10.4. The van der Waals surface area contributed by atoms with Crippen LogP contribution in [0.5, 0.6) is 0 Å². The van der Waals surface area contributed by atoms with Gasteiger partial charge in [-0.25, -0.2) is 0 Å². The van der Waals surface area contributed by atoms with Crippen molar-refractivity contribution in [3.05, 3.63) is 50.9 Å². The van der Waals surface area contributed by atoms with Crippen molar-refractivity contribution < 1.29 is 0 Å². The van der Waals surface area contributed by atoms with Gasteiger partial charge in [0.25, 0.3) is 0 Å². The van der Waals surface area contributed by atoms with E-state index in [1.54, 1.807) is 0 Å². The van der Waals surface area contributed by atoms with Crippen molar-refractivity contribution in [1.29, 1.82) is 0 Å². The first-order valence-corrected chi connectivity index (χ1v) is 7.75. The average Bonchev–Trinajstić information content (AvgIpc) is 2.76. The second-order valence-electron chi connectivity index (χ2n) is 4.23. The van der Waals surface area contributed by atoms with Crippen LogP contribution in [0.25, 0.3) is 0 Å². The van der Waals surface area contributed by atoms with Gasteiger partial charge in [0.15, 0.2) is 0 Å². The van der Waals surface area contributed by atoms with Crippen molar-refractivity contribution in [1.82, 2.24) is 10.3 Å². The van der Waals surface area contributed by atoms with Crippen LogP contribution >= 0.6 is 27.3 Å². The number of likely N-dealkylation sites (N-methyl/N-ethyl adjacent to an activating group) is 1. The van der Waals surface area contributed by atoms with Crippen molar-refractivity contribution in [2.45, 2.75) is 25.8 Å². The highest BCUT2D eigenvalue weighted by atomic mass is 79.9. The van der Waals surface area contributed by atoms with E-state index in [0.717, 1.165) is 19.4 Å². The summed E-state index contributed by atoms with van der Waals surface area (Å²) in [5.41, 5.74) is 1.29. The van der Waals surface area contributed by atoms with Crippen molar-refractivity contribution in [2.24, 2.45) is 0 Å². The third kappa shape index (κ3) is 4.19. The van der Waals surface area contributed by atoms with E-state index >= 15 is 0 Å². The number of halogens is 1. The molecule has 0 spiro atoms. The minimum Gasteiger partial charge on any atom is -0.314 e. The largest absolute Gasteiger partial charge is 0.314 e. The highest BCUT2D eigenvalue weighted by Gasteiger charge is 2.11. The van der Waals surface area contributed by atoms with Crippen LogP contribution in [0.1, 0.15) is 17.4 Å². The molecule has 1 atom stereocenters. The third-order valence-electron chi connectivity index (χ3n) is 2.77. The van der Waals surface area contributed by atoms with Crippen LogP contribution < -0.4 is 5.32 Å². The normalized spacial score (nSPS) is 12.6. The van der Waals surface area contributed by atoms with Gasteiger partial charge in [-0.3, -0.25) is 4.98 Å². The van der Waals surface area contributed by atoms with Crippen LogP contribution in [0.3, 0.4) is 0 Å². The van der Waals surface area contributed by atoms with E-state index in [9.17, 15) is 0 Å². The predicted molar refractivity (Wildman–Crippen MR) is 81.1 cm³/mol. The van der Waals surface area contributed by atoms with E-state index < -0.39 is 0 Å². The zero-order chi connectivity index (χ0) is 12.8. The summed E-state index contributed by atoms with van der Waals surface area (Å²) in [6.45, 7) is 3.15. The lowest BCUT2D eigenvalue weighted by molar-refractivity contribution is 0.524. The van der Waals surface area contributed by atoms with Gasteiger partial charge in [0.2, 0.25) is 0 Å². The molecule has 0 aromatic carbocycles. The molecule has 0 aliphatic rings. The van der Waals surface area contributed by atoms with Gasteiger partial charge in [-0.2, -0.15) is 0 Å². The standard InChI is InChI=1S/C14H17BrN2S/c1-2-17-12(8-11-4-3-7-16-10-11)9-13-5-6-14(15)18-13/h3-7,10,12,17H,2,8-9H2,1H3. The summed E-state index contributed by atoms with van der Waals surface area (Å²) in [5, 5.41) is 3.55. The molecule has 2 aromatic rings. The second-order valence-corrected chi connectivity index (χ2v) is 6.78. The molecule has 0 saturated carbocycles. The third-order valence-corrected chi connectivity index (χ3v) is 4.42. The van der Waals surface area contributed by atoms with Crippen molar-refractivity contribution in [2.75, 3.05) is 6.54 Å². The molecule has 1 N–H and O–H groups in total. The van der Waals surface area contributed by atoms with Gasteiger partial charge in [-0.15, -0.1) is 11.3 Å². The molecule has 0 aliphatic heterocycles. The molecule has 1 unspecified atom stereocenters. The summed E-state index contributed by atoms with van der Waals surface area (Å²) >= 11 is 5.33. The summed E-state index contributed by atoms with van der Waals surface area (Å²) in [4.78, 5) is 5.59. The predicted octanol–water partition coefficient (Wildman–Crippen LogP) is 3.67. The van der Waals surface area contributed by atoms with Gasteiger partial charge >= 0.3 is 0 Å². The van der Waals surface area contributed by atoms with Crippen molar-refractivity contribution in [3.8, 4) is 0 Å². The van der Waals surface area contributed by atoms with Crippen LogP contribution in [0.4, 0.5) is 0 Å². The lowest BCUT2D eigenvalue weighted by Crippen LogP contribution is -2.32. The summed E-state index contributed by atoms with van der Waals surface area (Å²) < 4.78 is 1.20. The summed E-state index contributed by atoms with van der Waals surface area (Å²) in [6.07, 6.45) is 5.87. The zero-order valence-corrected chi connectivity index (χ0v) is 12.8. The number of aromatic nitrogens is 1. The monoisotopic (exact) mass is 324 g/mol. The first-order valence-electron chi connectivity index (χ1n) is 6.14. The number of nitrogens with one attached hydrogen (secondary N) is 1. The molecule has 2 rings (SSSR count). The number of pyridine rings is 1. The van der Waals surface area contributed by atoms with Gasteiger partial charge in [0, 0.05) is 23.3 Å². The molecule has 18 heavy (non-hydrogen) atoms. The number of nitrogens with zero attached hydrogens (tertiary/aromatic N) is 1. The molecule has 0 radical (unpaired) electrons. The Kier molecular flexibility index (Phi) is 5.35. The van der Waals surface area contributed by atoms with Gasteiger partial charge in [-0.1, -0.05) is 13.0 Å². The van der Waals surface area contributed by atoms with Crippen LogP contribution in [0.15, 0.2) is 40.4 Å². The Balaban J connectivity index is 1.99. The quantitative estimate of drug-likeness (QED) is 0.876. The summed E-state index contributed by atoms with van der Waals surface area (Å²) in [5.74, 6) is 0. The molecule has 0 bridgehead atoms. The van der Waals surface area contributed by atoms with E-state index in [4.69, 9.17) is 0 Å². The Bertz CT molecular complexity index is 470. The van der Waals surface area contributed by atoms with Gasteiger partial charge in [0.1, 0.15) is 0 Å². The van der Waals surface area contributed by atoms with Crippen LogP contribution in [0, 0.1) is 0 Å². The van der Waals surface area contributed by atoms with Crippen molar-refractivity contribution in [3.63, 3.8) is 0 Å². The molecule has 2 aromatic heterocycles. The van der Waals surface area contributed by atoms with Crippen LogP contribution in [-0.2, 0) is 12.8 Å². The molecule has 2 nitrogen and oxygen atoms in total. The molecule has 0 aliphatic carbocycles. The second kappa shape index (κ2) is 7.02. The number of rotatable bonds is 6. The highest BCUT2D eigenvalue weighted by Crippen LogP contribution is 2.23. The van der Waals surface area contributed by atoms with E-state index in [1.807, 2.05) is 29.8 Å². The maximum absolute atomic E-state index is 4.18. The first-order chi connectivity index (χ1) is 8.78. The van der Waals surface area contributed by atoms with E-state index in [0.29, 0.717) is 6.04 Å². The van der Waals surface area contributed by atoms with Gasteiger partial charge < -0.3 is 5.32 Å². The molecule has 4 heteroatoms. The smallest absolute Gasteiger partial charge is 0.0701 e. The number of hydrogen-bond acceptors (Lipinski definition) is 3. The van der Waals surface area contributed by atoms with E-state index in [1.165, 1.54) is 14.2 Å². The van der Waals surface area contributed by atoms with E-state index in [2.05, 4.69) is 51.4 Å². The van der Waals surface area contributed by atoms with Crippen LogP contribution in [-0.4, -0.2) is 17.6 Å². The maximum atomic E-state index is 4.18. The van der Waals surface area contributed by atoms with E-state index in [-0.39, 0.29) is 0 Å². The molecule has 96 valence electrons. The SMILES string of the molecule is CCNC(Cc1cccnc1)Cc1ccc(Br)s1. The lowest BCUT2D eigenvalue weighted by Gasteiger charge is -2.17. The Morgan fingerprint density at radius 1 is 1.33 bits per heavy atom. The minimum atomic E-state index is 0.477. The summed E-state index contributed by atoms with van der Waals surface area (Å²) in [7, 11) is 0. The highest BCUT2D eigenvalue weighted by molar-refractivity contribution is 9.11. The fraction of sp³-hybridized carbons (Fsp3) is 0.357. The van der Waals surface area contributed by atoms with Gasteiger partial charge in [-0.05, 0) is 59.1 Å². The van der Waals surface area contributed by atoms with Crippen molar-refractivity contribution >= 4 is 27.3 Å². The van der Waals surface area contributed by atoms with Crippen LogP contribution in [0.2, 0.25) is 0 Å².